The van der Waals surface area contributed by atoms with Crippen molar-refractivity contribution in [1.29, 1.82) is 0 Å². The van der Waals surface area contributed by atoms with Crippen LogP contribution >= 0.6 is 0 Å². The summed E-state index contributed by atoms with van der Waals surface area (Å²) in [7, 11) is 1.53. The summed E-state index contributed by atoms with van der Waals surface area (Å²) < 4.78 is 30.5. The molecular formula is C18H18FN3O3. The van der Waals surface area contributed by atoms with Crippen molar-refractivity contribution in [2.45, 2.75) is 19.9 Å². The van der Waals surface area contributed by atoms with Crippen LogP contribution in [0.15, 0.2) is 46.9 Å². The minimum absolute atomic E-state index is 0.108. The molecule has 1 unspecified atom stereocenters. The van der Waals surface area contributed by atoms with E-state index in [-0.39, 0.29) is 11.8 Å². The van der Waals surface area contributed by atoms with Crippen molar-refractivity contribution in [2.75, 3.05) is 12.4 Å². The summed E-state index contributed by atoms with van der Waals surface area (Å²) in [6.07, 6.45) is 0. The van der Waals surface area contributed by atoms with Crippen LogP contribution in [-0.4, -0.2) is 17.3 Å². The van der Waals surface area contributed by atoms with Gasteiger partial charge in [0.25, 0.3) is 0 Å². The van der Waals surface area contributed by atoms with Crippen molar-refractivity contribution in [3.8, 4) is 17.2 Å². The summed E-state index contributed by atoms with van der Waals surface area (Å²) in [5.41, 5.74) is 0.577. The van der Waals surface area contributed by atoms with Crippen LogP contribution in [0.5, 0.6) is 17.2 Å². The Morgan fingerprint density at radius 3 is 2.48 bits per heavy atom. The number of para-hydroxylation sites is 2. The Balaban J connectivity index is 1.74. The number of halogens is 1. The smallest absolute Gasteiger partial charge is 0.238 e. The molecule has 0 radical (unpaired) electrons. The molecule has 0 fully saturated rings. The van der Waals surface area contributed by atoms with Crippen molar-refractivity contribution < 1.29 is 18.3 Å². The second-order valence-corrected chi connectivity index (χ2v) is 5.42. The number of aryl methyl sites for hydroxylation is 1. The first-order valence-corrected chi connectivity index (χ1v) is 7.74. The molecule has 1 aromatic heterocycles. The highest BCUT2D eigenvalue weighted by atomic mass is 19.1. The van der Waals surface area contributed by atoms with Crippen LogP contribution in [0.4, 0.5) is 10.1 Å². The van der Waals surface area contributed by atoms with E-state index < -0.39 is 5.82 Å². The number of ether oxygens (including phenoxy) is 2. The number of benzene rings is 2. The summed E-state index contributed by atoms with van der Waals surface area (Å²) in [5.74, 6) is 1.51. The van der Waals surface area contributed by atoms with E-state index in [0.29, 0.717) is 29.0 Å². The van der Waals surface area contributed by atoms with Gasteiger partial charge in [-0.15, -0.1) is 10.2 Å². The first-order chi connectivity index (χ1) is 12.1. The van der Waals surface area contributed by atoms with Gasteiger partial charge in [0.15, 0.2) is 23.1 Å². The zero-order valence-electron chi connectivity index (χ0n) is 14.1. The van der Waals surface area contributed by atoms with Crippen LogP contribution < -0.4 is 14.8 Å². The van der Waals surface area contributed by atoms with E-state index in [1.165, 1.54) is 13.2 Å². The Hall–Kier alpha value is -3.09. The molecule has 25 heavy (non-hydrogen) atoms. The number of aromatic nitrogens is 2. The van der Waals surface area contributed by atoms with Crippen molar-refractivity contribution in [2.24, 2.45) is 0 Å². The Kier molecular flexibility index (Phi) is 4.83. The standard InChI is InChI=1S/C18H18FN3O3/c1-11(18-22-21-12(2)24-18)20-13-8-9-15(14(19)10-13)25-17-7-5-4-6-16(17)23-3/h4-11,20H,1-3H3. The Morgan fingerprint density at radius 1 is 1.08 bits per heavy atom. The molecule has 1 N–H and O–H groups in total. The molecule has 0 saturated carbocycles. The largest absolute Gasteiger partial charge is 0.493 e. The first kappa shape index (κ1) is 16.8. The van der Waals surface area contributed by atoms with Crippen LogP contribution in [0.3, 0.4) is 0 Å². The highest BCUT2D eigenvalue weighted by Crippen LogP contribution is 2.33. The average Bonchev–Trinajstić information content (AvgIpc) is 3.04. The maximum absolute atomic E-state index is 14.4. The Labute approximate surface area is 144 Å². The Morgan fingerprint density at radius 2 is 1.84 bits per heavy atom. The number of nitrogens with zero attached hydrogens (tertiary/aromatic N) is 2. The maximum Gasteiger partial charge on any atom is 0.238 e. The highest BCUT2D eigenvalue weighted by Gasteiger charge is 2.14. The summed E-state index contributed by atoms with van der Waals surface area (Å²) in [5, 5.41) is 10.8. The van der Waals surface area contributed by atoms with Gasteiger partial charge in [0.2, 0.25) is 11.8 Å². The predicted octanol–water partition coefficient (Wildman–Crippen LogP) is 4.49. The van der Waals surface area contributed by atoms with E-state index in [2.05, 4.69) is 15.5 Å². The lowest BCUT2D eigenvalue weighted by Crippen LogP contribution is -2.07. The van der Waals surface area contributed by atoms with Gasteiger partial charge in [-0.2, -0.15) is 0 Å². The van der Waals surface area contributed by atoms with Gasteiger partial charge in [-0.1, -0.05) is 12.1 Å². The van der Waals surface area contributed by atoms with Crippen molar-refractivity contribution in [3.05, 3.63) is 60.1 Å². The minimum atomic E-state index is -0.496. The maximum atomic E-state index is 14.4. The van der Waals surface area contributed by atoms with Gasteiger partial charge in [0.05, 0.1) is 7.11 Å². The SMILES string of the molecule is COc1ccccc1Oc1ccc(NC(C)c2nnc(C)o2)cc1F. The average molecular weight is 343 g/mol. The van der Waals surface area contributed by atoms with E-state index in [4.69, 9.17) is 13.9 Å². The highest BCUT2D eigenvalue weighted by molar-refractivity contribution is 5.50. The zero-order chi connectivity index (χ0) is 17.8. The first-order valence-electron chi connectivity index (χ1n) is 7.74. The Bertz CT molecular complexity index is 866. The number of nitrogens with one attached hydrogen (secondary N) is 1. The number of hydrogen-bond donors (Lipinski definition) is 1. The molecule has 0 saturated heterocycles. The second kappa shape index (κ2) is 7.21. The lowest BCUT2D eigenvalue weighted by molar-refractivity contribution is 0.371. The van der Waals surface area contributed by atoms with Crippen LogP contribution in [0, 0.1) is 12.7 Å². The van der Waals surface area contributed by atoms with Crippen molar-refractivity contribution in [3.63, 3.8) is 0 Å². The van der Waals surface area contributed by atoms with Gasteiger partial charge >= 0.3 is 0 Å². The molecule has 6 nitrogen and oxygen atoms in total. The van der Waals surface area contributed by atoms with Gasteiger partial charge in [-0.25, -0.2) is 4.39 Å². The van der Waals surface area contributed by atoms with Gasteiger partial charge in [-0.3, -0.25) is 0 Å². The zero-order valence-corrected chi connectivity index (χ0v) is 14.1. The molecule has 0 bridgehead atoms. The van der Waals surface area contributed by atoms with Crippen LogP contribution in [0.25, 0.3) is 0 Å². The van der Waals surface area contributed by atoms with Gasteiger partial charge in [0, 0.05) is 18.7 Å². The third-order valence-corrected chi connectivity index (χ3v) is 3.52. The molecular weight excluding hydrogens is 325 g/mol. The summed E-state index contributed by atoms with van der Waals surface area (Å²) in [6.45, 7) is 3.57. The normalized spacial score (nSPS) is 11.8. The molecule has 0 spiro atoms. The molecule has 0 aliphatic carbocycles. The van der Waals surface area contributed by atoms with Crippen molar-refractivity contribution >= 4 is 5.69 Å². The lowest BCUT2D eigenvalue weighted by atomic mass is 10.2. The molecule has 0 amide bonds. The predicted molar refractivity (Wildman–Crippen MR) is 90.5 cm³/mol. The third kappa shape index (κ3) is 3.88. The van der Waals surface area contributed by atoms with Crippen molar-refractivity contribution in [1.82, 2.24) is 10.2 Å². The van der Waals surface area contributed by atoms with Crippen LogP contribution in [0.2, 0.25) is 0 Å². The lowest BCUT2D eigenvalue weighted by Gasteiger charge is -2.14. The molecule has 130 valence electrons. The molecule has 3 rings (SSSR count). The number of rotatable bonds is 6. The van der Waals surface area contributed by atoms with Gasteiger partial charge in [0.1, 0.15) is 6.04 Å². The molecule has 2 aromatic carbocycles. The van der Waals surface area contributed by atoms with E-state index in [1.807, 2.05) is 13.0 Å². The monoisotopic (exact) mass is 343 g/mol. The van der Waals surface area contributed by atoms with E-state index in [1.54, 1.807) is 37.3 Å². The topological polar surface area (TPSA) is 69.4 Å². The summed E-state index contributed by atoms with van der Waals surface area (Å²) in [6, 6.07) is 11.4. The number of methoxy groups -OCH3 is 1. The fraction of sp³-hybridized carbons (Fsp3) is 0.222. The number of anilines is 1. The fourth-order valence-electron chi connectivity index (χ4n) is 2.29. The van der Waals surface area contributed by atoms with E-state index in [0.717, 1.165) is 0 Å². The quantitative estimate of drug-likeness (QED) is 0.711. The third-order valence-electron chi connectivity index (χ3n) is 3.52. The van der Waals surface area contributed by atoms with E-state index >= 15 is 0 Å². The van der Waals surface area contributed by atoms with E-state index in [9.17, 15) is 4.39 Å². The summed E-state index contributed by atoms with van der Waals surface area (Å²) >= 11 is 0. The van der Waals surface area contributed by atoms with Crippen LogP contribution in [0.1, 0.15) is 24.7 Å². The second-order valence-electron chi connectivity index (χ2n) is 5.42. The molecule has 1 heterocycles. The molecule has 7 heteroatoms. The minimum Gasteiger partial charge on any atom is -0.493 e. The molecule has 1 atom stereocenters. The fourth-order valence-corrected chi connectivity index (χ4v) is 2.29. The molecule has 0 aliphatic heterocycles. The molecule has 0 aliphatic rings. The molecule has 3 aromatic rings. The summed E-state index contributed by atoms with van der Waals surface area (Å²) in [4.78, 5) is 0. The number of hydrogen-bond acceptors (Lipinski definition) is 6. The van der Waals surface area contributed by atoms with Gasteiger partial charge < -0.3 is 19.2 Å². The van der Waals surface area contributed by atoms with Crippen LogP contribution in [-0.2, 0) is 0 Å². The van der Waals surface area contributed by atoms with Gasteiger partial charge in [-0.05, 0) is 31.2 Å².